The van der Waals surface area contributed by atoms with Crippen molar-refractivity contribution in [2.75, 3.05) is 12.3 Å². The fraction of sp³-hybridized carbons (Fsp3) is 0.815. The van der Waals surface area contributed by atoms with Crippen LogP contribution in [0.15, 0.2) is 11.1 Å². The maximum atomic E-state index is 12.4. The number of anilines is 1. The van der Waals surface area contributed by atoms with Crippen molar-refractivity contribution in [3.63, 3.8) is 0 Å². The maximum absolute atomic E-state index is 12.4. The molecule has 214 valence electrons. The second-order valence-corrected chi connectivity index (χ2v) is 17.0. The number of ether oxygens (including phenoxy) is 3. The van der Waals surface area contributed by atoms with Crippen LogP contribution in [0.5, 0.6) is 0 Å². The van der Waals surface area contributed by atoms with Crippen LogP contribution in [0.4, 0.5) is 5.95 Å². The van der Waals surface area contributed by atoms with E-state index in [2.05, 4.69) is 49.6 Å². The highest BCUT2D eigenvalue weighted by atomic mass is 28.4. The minimum Gasteiger partial charge on any atom is -0.414 e. The van der Waals surface area contributed by atoms with E-state index in [9.17, 15) is 4.79 Å². The molecule has 0 amide bonds. The van der Waals surface area contributed by atoms with Gasteiger partial charge in [0, 0.05) is 0 Å². The number of nitrogens with one attached hydrogen (secondary N) is 1. The highest BCUT2D eigenvalue weighted by molar-refractivity contribution is 6.76. The highest BCUT2D eigenvalue weighted by Gasteiger charge is 2.57. The fourth-order valence-electron chi connectivity index (χ4n) is 6.21. The predicted molar refractivity (Wildman–Crippen MR) is 150 cm³/mol. The summed E-state index contributed by atoms with van der Waals surface area (Å²) >= 11 is 0. The van der Waals surface area contributed by atoms with Gasteiger partial charge in [0.2, 0.25) is 5.95 Å². The lowest BCUT2D eigenvalue weighted by Crippen LogP contribution is -2.47. The van der Waals surface area contributed by atoms with Gasteiger partial charge < -0.3 is 24.4 Å². The predicted octanol–water partition coefficient (Wildman–Crippen LogP) is 5.26. The van der Waals surface area contributed by atoms with E-state index in [1.54, 1.807) is 10.9 Å². The van der Waals surface area contributed by atoms with Gasteiger partial charge in [-0.05, 0) is 31.0 Å². The van der Waals surface area contributed by atoms with Crippen LogP contribution in [0.2, 0.25) is 17.1 Å². The number of rotatable bonds is 13. The molecule has 2 aromatic heterocycles. The zero-order valence-corrected chi connectivity index (χ0v) is 25.2. The Morgan fingerprint density at radius 1 is 1.11 bits per heavy atom. The van der Waals surface area contributed by atoms with E-state index in [1.807, 2.05) is 13.8 Å². The normalized spacial score (nSPS) is 25.2. The van der Waals surface area contributed by atoms with Crippen molar-refractivity contribution in [3.05, 3.63) is 16.7 Å². The lowest BCUT2D eigenvalue weighted by Gasteiger charge is -2.40. The Bertz CT molecular complexity index is 1120. The number of aromatic nitrogens is 4. The van der Waals surface area contributed by atoms with E-state index in [1.165, 1.54) is 38.5 Å². The molecule has 4 atom stereocenters. The molecule has 0 bridgehead atoms. The zero-order chi connectivity index (χ0) is 27.7. The standard InChI is InChI=1S/C27H47N5O5Si/c1-8-9-10-11-12-13-14-38(17(2)3,18(4)5)34-15-19-21-22(37-27(6,7)36-21)25(35-19)32-16-29-20-23(32)30-26(28)31-24(20)33/h16-19,21-22,25H,8-15H2,1-7H3,(H3,28,30,31,33)/t19-,21-,22-,25-/m1/s1. The molecule has 0 unspecified atom stereocenters. The van der Waals surface area contributed by atoms with E-state index in [0.717, 1.165) is 6.04 Å². The van der Waals surface area contributed by atoms with Crippen molar-refractivity contribution in [1.29, 1.82) is 0 Å². The summed E-state index contributed by atoms with van der Waals surface area (Å²) in [7, 11) is -2.08. The minimum atomic E-state index is -2.08. The van der Waals surface area contributed by atoms with Crippen LogP contribution < -0.4 is 11.3 Å². The first-order chi connectivity index (χ1) is 18.0. The Hall–Kier alpha value is -1.79. The van der Waals surface area contributed by atoms with Gasteiger partial charge in [-0.25, -0.2) is 4.98 Å². The summed E-state index contributed by atoms with van der Waals surface area (Å²) < 4.78 is 27.9. The Morgan fingerprint density at radius 2 is 1.76 bits per heavy atom. The van der Waals surface area contributed by atoms with Crippen LogP contribution in [-0.4, -0.2) is 58.5 Å². The molecule has 0 radical (unpaired) electrons. The summed E-state index contributed by atoms with van der Waals surface area (Å²) in [5.74, 6) is -0.735. The fourth-order valence-corrected chi connectivity index (χ4v) is 10.8. The zero-order valence-electron chi connectivity index (χ0n) is 24.2. The average molecular weight is 550 g/mol. The number of hydrogen-bond donors (Lipinski definition) is 2. The topological polar surface area (TPSA) is 127 Å². The van der Waals surface area contributed by atoms with Crippen LogP contribution in [0.3, 0.4) is 0 Å². The van der Waals surface area contributed by atoms with Crippen LogP contribution in [0, 0.1) is 0 Å². The van der Waals surface area contributed by atoms with Crippen molar-refractivity contribution in [2.45, 2.75) is 134 Å². The number of unbranched alkanes of at least 4 members (excludes halogenated alkanes) is 5. The van der Waals surface area contributed by atoms with Gasteiger partial charge in [-0.3, -0.25) is 14.3 Å². The number of nitrogens with two attached hydrogens (primary N) is 1. The maximum Gasteiger partial charge on any atom is 0.280 e. The van der Waals surface area contributed by atoms with E-state index >= 15 is 0 Å². The summed E-state index contributed by atoms with van der Waals surface area (Å²) in [6.07, 6.45) is 7.63. The number of nitrogen functional groups attached to an aromatic ring is 1. The van der Waals surface area contributed by atoms with Gasteiger partial charge in [-0.15, -0.1) is 0 Å². The molecule has 2 aliphatic rings. The summed E-state index contributed by atoms with van der Waals surface area (Å²) in [5, 5.41) is 0. The molecule has 10 nitrogen and oxygen atoms in total. The van der Waals surface area contributed by atoms with Crippen molar-refractivity contribution in [3.8, 4) is 0 Å². The molecule has 38 heavy (non-hydrogen) atoms. The number of nitrogens with zero attached hydrogens (tertiary/aromatic N) is 3. The van der Waals surface area contributed by atoms with Gasteiger partial charge in [0.1, 0.15) is 18.3 Å². The van der Waals surface area contributed by atoms with Crippen LogP contribution in [-0.2, 0) is 18.6 Å². The monoisotopic (exact) mass is 549 g/mol. The van der Waals surface area contributed by atoms with Crippen LogP contribution in [0.25, 0.3) is 11.2 Å². The second-order valence-electron chi connectivity index (χ2n) is 12.0. The number of imidazole rings is 1. The SMILES string of the molecule is CCCCCCCC[Si](OC[C@H]1O[C@@H](n2cnc3c(=O)[nH]c(N)nc32)[C@@H]2OC(C)(C)O[C@@H]21)(C(C)C)C(C)C. The molecule has 3 N–H and O–H groups in total. The smallest absolute Gasteiger partial charge is 0.280 e. The van der Waals surface area contributed by atoms with Crippen molar-refractivity contribution in [1.82, 2.24) is 19.5 Å². The van der Waals surface area contributed by atoms with E-state index in [0.29, 0.717) is 23.3 Å². The molecule has 4 rings (SSSR count). The lowest BCUT2D eigenvalue weighted by atomic mass is 10.1. The minimum absolute atomic E-state index is 0.0296. The third-order valence-electron chi connectivity index (χ3n) is 8.24. The molecule has 0 spiro atoms. The van der Waals surface area contributed by atoms with E-state index in [4.69, 9.17) is 24.4 Å². The summed E-state index contributed by atoms with van der Waals surface area (Å²) in [6.45, 7) is 15.8. The first-order valence-corrected chi connectivity index (χ1v) is 16.6. The Morgan fingerprint density at radius 3 is 2.45 bits per heavy atom. The number of fused-ring (bicyclic) bond motifs is 2. The Kier molecular flexibility index (Phi) is 9.03. The summed E-state index contributed by atoms with van der Waals surface area (Å²) in [5.41, 5.74) is 6.99. The molecule has 2 fully saturated rings. The summed E-state index contributed by atoms with van der Waals surface area (Å²) in [4.78, 5) is 23.5. The van der Waals surface area contributed by atoms with Crippen LogP contribution in [0.1, 0.15) is 93.2 Å². The molecule has 0 aliphatic carbocycles. The van der Waals surface area contributed by atoms with Gasteiger partial charge in [-0.1, -0.05) is 73.1 Å². The molecular formula is C27H47N5O5Si. The highest BCUT2D eigenvalue weighted by Crippen LogP contribution is 2.45. The Balaban J connectivity index is 1.53. The molecular weight excluding hydrogens is 502 g/mol. The molecule has 4 heterocycles. The summed E-state index contributed by atoms with van der Waals surface area (Å²) in [6, 6.07) is 1.15. The van der Waals surface area contributed by atoms with E-state index in [-0.39, 0.29) is 29.2 Å². The molecule has 11 heteroatoms. The molecule has 2 saturated heterocycles. The van der Waals surface area contributed by atoms with Gasteiger partial charge in [0.25, 0.3) is 5.56 Å². The molecule has 0 saturated carbocycles. The van der Waals surface area contributed by atoms with Crippen LogP contribution >= 0.6 is 0 Å². The second kappa shape index (κ2) is 11.8. The van der Waals surface area contributed by atoms with Gasteiger partial charge in [0.15, 0.2) is 31.5 Å². The van der Waals surface area contributed by atoms with Crippen molar-refractivity contribution >= 4 is 25.4 Å². The lowest BCUT2D eigenvalue weighted by molar-refractivity contribution is -0.199. The van der Waals surface area contributed by atoms with Gasteiger partial charge in [-0.2, -0.15) is 4.98 Å². The third kappa shape index (κ3) is 5.86. The number of aromatic amines is 1. The van der Waals surface area contributed by atoms with Crippen molar-refractivity contribution in [2.24, 2.45) is 0 Å². The number of H-pyrrole nitrogens is 1. The molecule has 2 aromatic rings. The van der Waals surface area contributed by atoms with Crippen molar-refractivity contribution < 1.29 is 18.6 Å². The van der Waals surface area contributed by atoms with E-state index < -0.39 is 26.4 Å². The molecule has 2 aliphatic heterocycles. The third-order valence-corrected chi connectivity index (χ3v) is 14.0. The first-order valence-electron chi connectivity index (χ1n) is 14.4. The number of hydrogen-bond acceptors (Lipinski definition) is 8. The average Bonchev–Trinajstić information content (AvgIpc) is 3.48. The molecule has 0 aromatic carbocycles. The Labute approximate surface area is 227 Å². The first kappa shape index (κ1) is 29.2. The van der Waals surface area contributed by atoms with Gasteiger partial charge in [0.05, 0.1) is 12.9 Å². The van der Waals surface area contributed by atoms with Gasteiger partial charge >= 0.3 is 0 Å². The largest absolute Gasteiger partial charge is 0.414 e. The quantitative estimate of drug-likeness (QED) is 0.256.